The molecule has 6 nitrogen and oxygen atoms in total. The molecule has 1 N–H and O–H groups in total. The molecule has 0 radical (unpaired) electrons. The van der Waals surface area contributed by atoms with Crippen molar-refractivity contribution in [2.45, 2.75) is 39.2 Å². The largest absolute Gasteiger partial charge is 0.340 e. The van der Waals surface area contributed by atoms with Crippen LogP contribution in [0.25, 0.3) is 0 Å². The van der Waals surface area contributed by atoms with Crippen molar-refractivity contribution in [3.05, 3.63) is 0 Å². The molecule has 3 aliphatic heterocycles. The van der Waals surface area contributed by atoms with Gasteiger partial charge in [-0.1, -0.05) is 6.92 Å². The maximum absolute atomic E-state index is 12.6. The molecule has 0 saturated carbocycles. The Hall–Kier alpha value is -0.560. The van der Waals surface area contributed by atoms with Gasteiger partial charge in [0, 0.05) is 44.7 Å². The van der Waals surface area contributed by atoms with Crippen molar-refractivity contribution in [2.75, 3.05) is 52.4 Å². The first-order valence-electron chi connectivity index (χ1n) is 9.57. The Bertz CT molecular complexity index is 468. The van der Waals surface area contributed by atoms with Crippen LogP contribution in [0.5, 0.6) is 0 Å². The number of nitrogens with one attached hydrogen (secondary N) is 1. The Kier molecular flexibility index (Phi) is 9.65. The van der Waals surface area contributed by atoms with Crippen LogP contribution in [0.4, 0.5) is 0 Å². The maximum Gasteiger partial charge on any atom is 0.236 e. The van der Waals surface area contributed by atoms with Gasteiger partial charge in [0.25, 0.3) is 0 Å². The standard InChI is InChI=1S/C18H32N4O2.2ClH/c1-14-5-3-4-6-22(14)17(23)13-20-7-9-21(10-8-20)18(24)15(2)16-11-19-12-16;;/h14-16,19H,3-13H2,1-2H3;2*1H. The summed E-state index contributed by atoms with van der Waals surface area (Å²) in [5.74, 6) is 1.17. The molecule has 0 aromatic rings. The van der Waals surface area contributed by atoms with Gasteiger partial charge in [-0.2, -0.15) is 0 Å². The predicted molar refractivity (Wildman–Crippen MR) is 108 cm³/mol. The third-order valence-electron chi connectivity index (χ3n) is 6.08. The number of piperazine rings is 1. The zero-order valence-corrected chi connectivity index (χ0v) is 17.6. The van der Waals surface area contributed by atoms with Crippen LogP contribution in [0.2, 0.25) is 0 Å². The Balaban J connectivity index is 0.00000169. The van der Waals surface area contributed by atoms with Gasteiger partial charge in [0.15, 0.2) is 0 Å². The van der Waals surface area contributed by atoms with Crippen molar-refractivity contribution in [2.24, 2.45) is 11.8 Å². The molecule has 152 valence electrons. The minimum atomic E-state index is 0. The molecule has 0 aliphatic carbocycles. The number of nitrogens with zero attached hydrogens (tertiary/aromatic N) is 3. The van der Waals surface area contributed by atoms with Crippen molar-refractivity contribution in [1.82, 2.24) is 20.0 Å². The van der Waals surface area contributed by atoms with E-state index in [1.165, 1.54) is 6.42 Å². The van der Waals surface area contributed by atoms with Gasteiger partial charge in [-0.25, -0.2) is 0 Å². The fourth-order valence-electron chi connectivity index (χ4n) is 4.03. The van der Waals surface area contributed by atoms with E-state index in [9.17, 15) is 9.59 Å². The molecule has 8 heteroatoms. The number of hydrogen-bond acceptors (Lipinski definition) is 4. The number of carbonyl (C=O) groups is 2. The Morgan fingerprint density at radius 1 is 1.04 bits per heavy atom. The lowest BCUT2D eigenvalue weighted by atomic mass is 9.88. The minimum absolute atomic E-state index is 0. The molecule has 0 aromatic heterocycles. The summed E-state index contributed by atoms with van der Waals surface area (Å²) >= 11 is 0. The fourth-order valence-corrected chi connectivity index (χ4v) is 4.03. The molecular weight excluding hydrogens is 375 g/mol. The summed E-state index contributed by atoms with van der Waals surface area (Å²) in [6, 6.07) is 0.381. The number of piperidine rings is 1. The fraction of sp³-hybridized carbons (Fsp3) is 0.889. The summed E-state index contributed by atoms with van der Waals surface area (Å²) in [4.78, 5) is 31.3. The highest BCUT2D eigenvalue weighted by Gasteiger charge is 2.33. The van der Waals surface area contributed by atoms with Crippen molar-refractivity contribution in [3.63, 3.8) is 0 Å². The number of likely N-dealkylation sites (tertiary alicyclic amines) is 1. The molecule has 2 atom stereocenters. The topological polar surface area (TPSA) is 55.9 Å². The first-order chi connectivity index (χ1) is 11.6. The zero-order chi connectivity index (χ0) is 17.1. The molecule has 0 aromatic carbocycles. The lowest BCUT2D eigenvalue weighted by Gasteiger charge is -2.40. The van der Waals surface area contributed by atoms with Gasteiger partial charge in [0.2, 0.25) is 11.8 Å². The molecular formula is C18H34Cl2N4O2. The Morgan fingerprint density at radius 2 is 1.69 bits per heavy atom. The van der Waals surface area contributed by atoms with Crippen molar-refractivity contribution in [3.8, 4) is 0 Å². The van der Waals surface area contributed by atoms with E-state index < -0.39 is 0 Å². The molecule has 3 saturated heterocycles. The molecule has 0 bridgehead atoms. The quantitative estimate of drug-likeness (QED) is 0.759. The average molecular weight is 409 g/mol. The molecule has 3 fully saturated rings. The number of halogens is 2. The van der Waals surface area contributed by atoms with Gasteiger partial charge in [0.1, 0.15) is 0 Å². The molecule has 2 amide bonds. The molecule has 3 heterocycles. The van der Waals surface area contributed by atoms with Crippen LogP contribution >= 0.6 is 24.8 Å². The van der Waals surface area contributed by atoms with Gasteiger partial charge in [-0.05, 0) is 45.2 Å². The molecule has 0 spiro atoms. The molecule has 3 rings (SSSR count). The zero-order valence-electron chi connectivity index (χ0n) is 16.0. The lowest BCUT2D eigenvalue weighted by Crippen LogP contribution is -2.56. The van der Waals surface area contributed by atoms with E-state index in [4.69, 9.17) is 0 Å². The summed E-state index contributed by atoms with van der Waals surface area (Å²) in [5.41, 5.74) is 0. The van der Waals surface area contributed by atoms with E-state index in [0.717, 1.165) is 58.7 Å². The molecule has 26 heavy (non-hydrogen) atoms. The van der Waals surface area contributed by atoms with E-state index in [2.05, 4.69) is 24.1 Å². The normalized spacial score (nSPS) is 25.5. The predicted octanol–water partition coefficient (Wildman–Crippen LogP) is 1.23. The second kappa shape index (κ2) is 10.7. The van der Waals surface area contributed by atoms with Crippen LogP contribution in [0.15, 0.2) is 0 Å². The highest BCUT2D eigenvalue weighted by molar-refractivity contribution is 5.85. The number of carbonyl (C=O) groups excluding carboxylic acids is 2. The Labute approximate surface area is 169 Å². The smallest absolute Gasteiger partial charge is 0.236 e. The van der Waals surface area contributed by atoms with Gasteiger partial charge in [0.05, 0.1) is 6.54 Å². The van der Waals surface area contributed by atoms with Gasteiger partial charge >= 0.3 is 0 Å². The van der Waals surface area contributed by atoms with Gasteiger partial charge in [-0.15, -0.1) is 24.8 Å². The highest BCUT2D eigenvalue weighted by atomic mass is 35.5. The third-order valence-corrected chi connectivity index (χ3v) is 6.08. The minimum Gasteiger partial charge on any atom is -0.340 e. The third kappa shape index (κ3) is 5.47. The Morgan fingerprint density at radius 3 is 2.23 bits per heavy atom. The van der Waals surface area contributed by atoms with Crippen LogP contribution in [-0.4, -0.2) is 84.9 Å². The van der Waals surface area contributed by atoms with Crippen LogP contribution in [0, 0.1) is 11.8 Å². The summed E-state index contributed by atoms with van der Waals surface area (Å²) in [6.07, 6.45) is 3.49. The molecule has 3 aliphatic rings. The first kappa shape index (κ1) is 23.5. The van der Waals surface area contributed by atoms with Gasteiger partial charge in [-0.3, -0.25) is 14.5 Å². The second-order valence-corrected chi connectivity index (χ2v) is 7.74. The first-order valence-corrected chi connectivity index (χ1v) is 9.57. The van der Waals surface area contributed by atoms with E-state index in [1.807, 2.05) is 9.80 Å². The summed E-state index contributed by atoms with van der Waals surface area (Å²) < 4.78 is 0. The summed E-state index contributed by atoms with van der Waals surface area (Å²) in [7, 11) is 0. The van der Waals surface area contributed by atoms with Crippen molar-refractivity contribution in [1.29, 1.82) is 0 Å². The SMILES string of the molecule is CC(C(=O)N1CCN(CC(=O)N2CCCCC2C)CC1)C1CNC1.Cl.Cl. The van der Waals surface area contributed by atoms with E-state index in [1.54, 1.807) is 0 Å². The van der Waals surface area contributed by atoms with E-state index in [-0.39, 0.29) is 42.5 Å². The van der Waals surface area contributed by atoms with Crippen LogP contribution in [-0.2, 0) is 9.59 Å². The summed E-state index contributed by atoms with van der Waals surface area (Å²) in [5, 5.41) is 3.24. The van der Waals surface area contributed by atoms with Crippen molar-refractivity contribution >= 4 is 36.6 Å². The monoisotopic (exact) mass is 408 g/mol. The highest BCUT2D eigenvalue weighted by Crippen LogP contribution is 2.20. The van der Waals surface area contributed by atoms with Crippen LogP contribution in [0.1, 0.15) is 33.1 Å². The van der Waals surface area contributed by atoms with Crippen molar-refractivity contribution < 1.29 is 9.59 Å². The van der Waals surface area contributed by atoms with Crippen LogP contribution in [0.3, 0.4) is 0 Å². The van der Waals surface area contributed by atoms with Gasteiger partial charge < -0.3 is 15.1 Å². The summed E-state index contributed by atoms with van der Waals surface area (Å²) in [6.45, 7) is 10.7. The maximum atomic E-state index is 12.6. The second-order valence-electron chi connectivity index (χ2n) is 7.74. The lowest BCUT2D eigenvalue weighted by molar-refractivity contribution is -0.140. The van der Waals surface area contributed by atoms with E-state index >= 15 is 0 Å². The van der Waals surface area contributed by atoms with Crippen LogP contribution < -0.4 is 5.32 Å². The number of amides is 2. The van der Waals surface area contributed by atoms with E-state index in [0.29, 0.717) is 18.5 Å². The number of rotatable bonds is 4. The average Bonchev–Trinajstić information content (AvgIpc) is 2.53. The number of hydrogen-bond donors (Lipinski definition) is 1. The molecule has 2 unspecified atom stereocenters.